The van der Waals surface area contributed by atoms with Crippen molar-refractivity contribution >= 4 is 45.1 Å². The van der Waals surface area contributed by atoms with Crippen LogP contribution >= 0.6 is 15.9 Å². The van der Waals surface area contributed by atoms with Gasteiger partial charge in [-0.1, -0.05) is 6.07 Å². The summed E-state index contributed by atoms with van der Waals surface area (Å²) in [5.74, 6) is 1.44. The summed E-state index contributed by atoms with van der Waals surface area (Å²) in [6.45, 7) is 4.15. The second-order valence-corrected chi connectivity index (χ2v) is 9.68. The number of rotatable bonds is 7. The minimum Gasteiger partial charge on any atom is -0.497 e. The van der Waals surface area contributed by atoms with Gasteiger partial charge in [0, 0.05) is 43.1 Å². The predicted molar refractivity (Wildman–Crippen MR) is 146 cm³/mol. The number of hydrogen-bond acceptors (Lipinski definition) is 7. The van der Waals surface area contributed by atoms with Crippen molar-refractivity contribution < 1.29 is 19.1 Å². The minimum atomic E-state index is -0.422. The summed E-state index contributed by atoms with van der Waals surface area (Å²) in [6, 6.07) is 20.8. The second kappa shape index (κ2) is 11.1. The molecular weight excluding hydrogens is 538 g/mol. The second-order valence-electron chi connectivity index (χ2n) is 8.86. The van der Waals surface area contributed by atoms with Crippen molar-refractivity contribution in [2.45, 2.75) is 6.10 Å². The van der Waals surface area contributed by atoms with E-state index in [4.69, 9.17) is 9.47 Å². The number of carbonyl (C=O) groups excluding carboxylic acids is 2. The first-order chi connectivity index (χ1) is 18.0. The summed E-state index contributed by atoms with van der Waals surface area (Å²) in [6.07, 6.45) is -0.833. The van der Waals surface area contributed by atoms with Gasteiger partial charge in [0.1, 0.15) is 22.3 Å². The highest BCUT2D eigenvalue weighted by atomic mass is 79.9. The lowest BCUT2D eigenvalue weighted by atomic mass is 10.2. The van der Waals surface area contributed by atoms with E-state index in [1.165, 1.54) is 0 Å². The number of methoxy groups -OCH3 is 1. The molecule has 2 amide bonds. The number of carbonyl (C=O) groups is 2. The van der Waals surface area contributed by atoms with Crippen molar-refractivity contribution in [3.8, 4) is 5.75 Å². The predicted octanol–water partition coefficient (Wildman–Crippen LogP) is 3.93. The Kier molecular flexibility index (Phi) is 7.45. The van der Waals surface area contributed by atoms with Gasteiger partial charge in [-0.2, -0.15) is 0 Å². The Morgan fingerprint density at radius 3 is 2.35 bits per heavy atom. The lowest BCUT2D eigenvalue weighted by Crippen LogP contribution is -2.46. The lowest BCUT2D eigenvalue weighted by molar-refractivity contribution is 0.0916. The van der Waals surface area contributed by atoms with E-state index in [-0.39, 0.29) is 12.5 Å². The molecule has 2 aliphatic rings. The number of hydrogen-bond donors (Lipinski definition) is 1. The van der Waals surface area contributed by atoms with E-state index >= 15 is 0 Å². The van der Waals surface area contributed by atoms with Gasteiger partial charge in [-0.3, -0.25) is 9.69 Å². The maximum Gasteiger partial charge on any atom is 0.414 e. The SMILES string of the molecule is COc1ccc(C(=O)NCC2CN(c3ccc(N4CCN(c5cccc(Br)n5)CC4)cc3)C(=O)O2)cc1. The number of benzene rings is 2. The molecule has 0 radical (unpaired) electrons. The van der Waals surface area contributed by atoms with Crippen molar-refractivity contribution in [1.82, 2.24) is 10.3 Å². The van der Waals surface area contributed by atoms with Crippen LogP contribution in [0.2, 0.25) is 0 Å². The number of amides is 2. The summed E-state index contributed by atoms with van der Waals surface area (Å²) < 4.78 is 11.4. The summed E-state index contributed by atoms with van der Waals surface area (Å²) in [7, 11) is 1.58. The van der Waals surface area contributed by atoms with Crippen molar-refractivity contribution in [2.24, 2.45) is 0 Å². The van der Waals surface area contributed by atoms with Crippen molar-refractivity contribution in [3.63, 3.8) is 0 Å². The molecule has 2 fully saturated rings. The zero-order valence-corrected chi connectivity index (χ0v) is 22.1. The van der Waals surface area contributed by atoms with Gasteiger partial charge in [-0.05, 0) is 76.6 Å². The topological polar surface area (TPSA) is 87.2 Å². The number of pyridine rings is 1. The first-order valence-corrected chi connectivity index (χ1v) is 12.9. The van der Waals surface area contributed by atoms with Gasteiger partial charge in [0.25, 0.3) is 5.91 Å². The van der Waals surface area contributed by atoms with Crippen LogP contribution in [-0.2, 0) is 4.74 Å². The Hall–Kier alpha value is -3.79. The van der Waals surface area contributed by atoms with Crippen LogP contribution in [0.4, 0.5) is 22.0 Å². The monoisotopic (exact) mass is 565 g/mol. The first kappa shape index (κ1) is 24.9. The Balaban J connectivity index is 1.13. The van der Waals surface area contributed by atoms with E-state index in [0.717, 1.165) is 48.0 Å². The van der Waals surface area contributed by atoms with E-state index in [1.54, 1.807) is 36.3 Å². The smallest absolute Gasteiger partial charge is 0.414 e. The van der Waals surface area contributed by atoms with Crippen molar-refractivity contribution in [1.29, 1.82) is 0 Å². The maximum absolute atomic E-state index is 12.5. The Morgan fingerprint density at radius 2 is 1.68 bits per heavy atom. The van der Waals surface area contributed by atoms with Crippen LogP contribution in [0.25, 0.3) is 0 Å². The molecule has 5 rings (SSSR count). The Bertz CT molecular complexity index is 1250. The molecule has 9 nitrogen and oxygen atoms in total. The summed E-state index contributed by atoms with van der Waals surface area (Å²) in [5, 5.41) is 2.84. The maximum atomic E-state index is 12.5. The number of anilines is 3. The fourth-order valence-corrected chi connectivity index (χ4v) is 4.83. The molecule has 2 aromatic carbocycles. The van der Waals surface area contributed by atoms with Crippen LogP contribution in [0.5, 0.6) is 5.75 Å². The van der Waals surface area contributed by atoms with E-state index in [9.17, 15) is 9.59 Å². The number of cyclic esters (lactones) is 1. The molecule has 1 N–H and O–H groups in total. The Labute approximate surface area is 224 Å². The minimum absolute atomic E-state index is 0.225. The normalized spacial score (nSPS) is 17.5. The van der Waals surface area contributed by atoms with E-state index < -0.39 is 12.2 Å². The molecule has 2 aliphatic heterocycles. The highest BCUT2D eigenvalue weighted by molar-refractivity contribution is 9.10. The van der Waals surface area contributed by atoms with Gasteiger partial charge in [-0.15, -0.1) is 0 Å². The molecule has 0 spiro atoms. The molecule has 3 heterocycles. The highest BCUT2D eigenvalue weighted by Gasteiger charge is 2.32. The van der Waals surface area contributed by atoms with E-state index in [2.05, 4.69) is 36.0 Å². The fourth-order valence-electron chi connectivity index (χ4n) is 4.50. The van der Waals surface area contributed by atoms with Gasteiger partial charge in [0.05, 0.1) is 20.2 Å². The third-order valence-electron chi connectivity index (χ3n) is 6.55. The summed E-state index contributed by atoms with van der Waals surface area (Å²) in [5.41, 5.74) is 2.41. The highest BCUT2D eigenvalue weighted by Crippen LogP contribution is 2.26. The molecule has 37 heavy (non-hydrogen) atoms. The summed E-state index contributed by atoms with van der Waals surface area (Å²) in [4.78, 5) is 35.7. The molecule has 0 bridgehead atoms. The van der Waals surface area contributed by atoms with E-state index in [1.807, 2.05) is 42.5 Å². The molecule has 1 unspecified atom stereocenters. The van der Waals surface area contributed by atoms with Crippen molar-refractivity contribution in [2.75, 3.05) is 61.1 Å². The van der Waals surface area contributed by atoms with Crippen molar-refractivity contribution in [3.05, 3.63) is 76.9 Å². The van der Waals surface area contributed by atoms with Crippen LogP contribution in [0.1, 0.15) is 10.4 Å². The number of nitrogens with one attached hydrogen (secondary N) is 1. The molecule has 1 atom stereocenters. The molecule has 2 saturated heterocycles. The summed E-state index contributed by atoms with van der Waals surface area (Å²) >= 11 is 3.44. The Morgan fingerprint density at radius 1 is 1.00 bits per heavy atom. The van der Waals surface area contributed by atoms with Crippen LogP contribution in [0.3, 0.4) is 0 Å². The van der Waals surface area contributed by atoms with Crippen LogP contribution in [0, 0.1) is 0 Å². The number of halogens is 1. The fraction of sp³-hybridized carbons (Fsp3) is 0.296. The van der Waals surface area contributed by atoms with Gasteiger partial charge in [0.15, 0.2) is 0 Å². The largest absolute Gasteiger partial charge is 0.497 e. The first-order valence-electron chi connectivity index (χ1n) is 12.1. The molecule has 3 aromatic rings. The van der Waals surface area contributed by atoms with Gasteiger partial charge in [0.2, 0.25) is 0 Å². The van der Waals surface area contributed by atoms with Crippen LogP contribution < -0.4 is 24.8 Å². The third kappa shape index (κ3) is 5.80. The molecule has 0 saturated carbocycles. The average Bonchev–Trinajstić information content (AvgIpc) is 3.32. The quantitative estimate of drug-likeness (QED) is 0.434. The molecular formula is C27H28BrN5O4. The average molecular weight is 566 g/mol. The third-order valence-corrected chi connectivity index (χ3v) is 6.99. The number of aromatic nitrogens is 1. The van der Waals surface area contributed by atoms with Gasteiger partial charge >= 0.3 is 6.09 Å². The molecule has 10 heteroatoms. The zero-order valence-electron chi connectivity index (χ0n) is 20.5. The van der Waals surface area contributed by atoms with Gasteiger partial charge in [-0.25, -0.2) is 9.78 Å². The molecule has 1 aromatic heterocycles. The molecule has 0 aliphatic carbocycles. The lowest BCUT2D eigenvalue weighted by Gasteiger charge is -2.36. The van der Waals surface area contributed by atoms with Gasteiger partial charge < -0.3 is 24.6 Å². The number of piperazine rings is 1. The number of ether oxygens (including phenoxy) is 2. The standard InChI is InChI=1S/C27H28BrN5O4/c1-36-22-11-5-19(6-12-22)26(34)29-17-23-18-33(27(35)37-23)21-9-7-20(8-10-21)31-13-15-32(16-14-31)25-4-2-3-24(28)30-25/h2-12,23H,13-18H2,1H3,(H,29,34). The van der Waals surface area contributed by atoms with Crippen LogP contribution in [0.15, 0.2) is 71.3 Å². The van der Waals surface area contributed by atoms with Crippen LogP contribution in [-0.4, -0.2) is 69.5 Å². The molecule has 192 valence electrons. The van der Waals surface area contributed by atoms with E-state index in [0.29, 0.717) is 17.9 Å². The number of nitrogens with zero attached hydrogens (tertiary/aromatic N) is 4. The zero-order chi connectivity index (χ0) is 25.8.